The summed E-state index contributed by atoms with van der Waals surface area (Å²) >= 11 is 1.62. The van der Waals surface area contributed by atoms with Crippen LogP contribution in [0.25, 0.3) is 0 Å². The quantitative estimate of drug-likeness (QED) is 0.395. The van der Waals surface area contributed by atoms with Gasteiger partial charge in [-0.25, -0.2) is 4.90 Å². The molecule has 3 amide bonds. The van der Waals surface area contributed by atoms with E-state index in [9.17, 15) is 24.5 Å². The Labute approximate surface area is 194 Å². The first kappa shape index (κ1) is 21.6. The lowest BCUT2D eigenvalue weighted by atomic mass is 9.76. The lowest BCUT2D eigenvalue weighted by Gasteiger charge is -2.29. The third kappa shape index (κ3) is 2.87. The van der Waals surface area contributed by atoms with E-state index in [1.807, 2.05) is 6.26 Å². The van der Waals surface area contributed by atoms with Crippen molar-refractivity contribution >= 4 is 46.5 Å². The van der Waals surface area contributed by atoms with Crippen LogP contribution >= 0.6 is 11.8 Å². The second-order valence-electron chi connectivity index (χ2n) is 8.53. The van der Waals surface area contributed by atoms with Crippen molar-refractivity contribution in [2.45, 2.75) is 24.9 Å². The van der Waals surface area contributed by atoms with Crippen LogP contribution < -0.4 is 15.5 Å². The minimum Gasteiger partial charge on any atom is -0.324 e. The minimum absolute atomic E-state index is 0.166. The maximum absolute atomic E-state index is 13.9. The van der Waals surface area contributed by atoms with Gasteiger partial charge in [0.2, 0.25) is 17.7 Å². The Morgan fingerprint density at radius 1 is 1.12 bits per heavy atom. The number of thioether (sulfide) groups is 1. The summed E-state index contributed by atoms with van der Waals surface area (Å²) in [5, 5.41) is 17.7. The summed E-state index contributed by atoms with van der Waals surface area (Å²) in [6, 6.07) is 11.1. The molecule has 170 valence electrons. The van der Waals surface area contributed by atoms with E-state index in [1.54, 1.807) is 42.1 Å². The highest BCUT2D eigenvalue weighted by atomic mass is 32.2. The fraction of sp³-hybridized carbons (Fsp3) is 0.348. The summed E-state index contributed by atoms with van der Waals surface area (Å²) in [6.07, 6.45) is 2.56. The first-order chi connectivity index (χ1) is 15.8. The molecule has 2 N–H and O–H groups in total. The molecule has 2 aromatic rings. The summed E-state index contributed by atoms with van der Waals surface area (Å²) in [6.45, 7) is 1.53. The number of imide groups is 1. The van der Waals surface area contributed by atoms with Crippen molar-refractivity contribution in [2.75, 3.05) is 22.2 Å². The van der Waals surface area contributed by atoms with E-state index < -0.39 is 34.1 Å². The number of fused-ring (bicyclic) bond motifs is 4. The first-order valence-electron chi connectivity index (χ1n) is 10.6. The fourth-order valence-electron chi connectivity index (χ4n) is 5.54. The zero-order chi connectivity index (χ0) is 23.5. The molecule has 1 spiro atoms. The molecular formula is C23H22N4O5S. The van der Waals surface area contributed by atoms with Crippen LogP contribution in [0.2, 0.25) is 0 Å². The zero-order valence-electron chi connectivity index (χ0n) is 18.0. The van der Waals surface area contributed by atoms with Crippen LogP contribution in [0, 0.1) is 28.9 Å². The first-order valence-corrected chi connectivity index (χ1v) is 12.0. The summed E-state index contributed by atoms with van der Waals surface area (Å²) in [5.74, 6) is -2.25. The molecule has 0 aromatic heterocycles. The molecule has 4 atom stereocenters. The van der Waals surface area contributed by atoms with Crippen LogP contribution in [-0.4, -0.2) is 40.7 Å². The van der Waals surface area contributed by atoms with Gasteiger partial charge in [-0.05, 0) is 37.5 Å². The van der Waals surface area contributed by atoms with E-state index in [0.717, 1.165) is 10.7 Å². The Balaban J connectivity index is 1.66. The Kier molecular flexibility index (Phi) is 5.02. The van der Waals surface area contributed by atoms with Gasteiger partial charge in [0.15, 0.2) is 0 Å². The molecular weight excluding hydrogens is 444 g/mol. The van der Waals surface area contributed by atoms with Crippen molar-refractivity contribution in [3.8, 4) is 0 Å². The van der Waals surface area contributed by atoms with Crippen molar-refractivity contribution in [3.63, 3.8) is 0 Å². The SMILES string of the molecule is CSCC[C@@H]1N[C@]2(C(=O)Nc3ccccc32)[C@H]2C(=O)N(c3cccc([N+](=O)[O-])c3C)C(=O)[C@H]12. The van der Waals surface area contributed by atoms with Crippen molar-refractivity contribution in [1.29, 1.82) is 0 Å². The summed E-state index contributed by atoms with van der Waals surface area (Å²) in [7, 11) is 0. The van der Waals surface area contributed by atoms with E-state index in [4.69, 9.17) is 0 Å². The van der Waals surface area contributed by atoms with Crippen LogP contribution in [0.5, 0.6) is 0 Å². The minimum atomic E-state index is -1.36. The van der Waals surface area contributed by atoms with Gasteiger partial charge in [-0.15, -0.1) is 0 Å². The largest absolute Gasteiger partial charge is 0.324 e. The predicted octanol–water partition coefficient (Wildman–Crippen LogP) is 2.58. The van der Waals surface area contributed by atoms with Crippen LogP contribution in [0.1, 0.15) is 17.5 Å². The number of carbonyl (C=O) groups is 3. The molecule has 2 aromatic carbocycles. The Morgan fingerprint density at radius 3 is 2.61 bits per heavy atom. The van der Waals surface area contributed by atoms with Gasteiger partial charge in [0.05, 0.1) is 28.0 Å². The number of amides is 3. The highest BCUT2D eigenvalue weighted by Crippen LogP contribution is 2.54. The summed E-state index contributed by atoms with van der Waals surface area (Å²) in [5.41, 5.74) is 0.170. The Bertz CT molecular complexity index is 1220. The monoisotopic (exact) mass is 466 g/mol. The number of carbonyl (C=O) groups excluding carboxylic acids is 3. The normalized spacial score (nSPS) is 27.8. The summed E-state index contributed by atoms with van der Waals surface area (Å²) < 4.78 is 0. The van der Waals surface area contributed by atoms with Gasteiger partial charge in [-0.1, -0.05) is 24.3 Å². The molecule has 10 heteroatoms. The van der Waals surface area contributed by atoms with E-state index in [0.29, 0.717) is 17.7 Å². The van der Waals surface area contributed by atoms with Crippen LogP contribution in [-0.2, 0) is 19.9 Å². The van der Waals surface area contributed by atoms with E-state index >= 15 is 0 Å². The highest BCUT2D eigenvalue weighted by Gasteiger charge is 2.70. The van der Waals surface area contributed by atoms with Crippen molar-refractivity contribution in [2.24, 2.45) is 11.8 Å². The van der Waals surface area contributed by atoms with Crippen molar-refractivity contribution in [1.82, 2.24) is 5.32 Å². The van der Waals surface area contributed by atoms with E-state index in [2.05, 4.69) is 10.6 Å². The van der Waals surface area contributed by atoms with Crippen molar-refractivity contribution < 1.29 is 19.3 Å². The molecule has 2 saturated heterocycles. The summed E-state index contributed by atoms with van der Waals surface area (Å²) in [4.78, 5) is 52.9. The molecule has 0 radical (unpaired) electrons. The van der Waals surface area contributed by atoms with Gasteiger partial charge in [-0.2, -0.15) is 11.8 Å². The third-order valence-corrected chi connectivity index (χ3v) is 7.61. The Hall–Kier alpha value is -3.24. The molecule has 3 heterocycles. The van der Waals surface area contributed by atoms with Crippen LogP contribution in [0.4, 0.5) is 17.1 Å². The number of nitrogens with zero attached hydrogens (tertiary/aromatic N) is 2. The molecule has 5 rings (SSSR count). The number of hydrogen-bond donors (Lipinski definition) is 2. The highest BCUT2D eigenvalue weighted by molar-refractivity contribution is 7.98. The third-order valence-electron chi connectivity index (χ3n) is 6.97. The molecule has 9 nitrogen and oxygen atoms in total. The van der Waals surface area contributed by atoms with Gasteiger partial charge in [0.25, 0.3) is 5.69 Å². The van der Waals surface area contributed by atoms with Gasteiger partial charge in [-0.3, -0.25) is 29.8 Å². The molecule has 2 fully saturated rings. The fourth-order valence-corrected chi connectivity index (χ4v) is 6.03. The number of rotatable bonds is 5. The van der Waals surface area contributed by atoms with Gasteiger partial charge in [0.1, 0.15) is 5.54 Å². The molecule has 33 heavy (non-hydrogen) atoms. The van der Waals surface area contributed by atoms with E-state index in [1.165, 1.54) is 19.1 Å². The number of benzene rings is 2. The number of nitrogens with one attached hydrogen (secondary N) is 2. The lowest BCUT2D eigenvalue weighted by molar-refractivity contribution is -0.385. The van der Waals surface area contributed by atoms with Gasteiger partial charge < -0.3 is 5.32 Å². The lowest BCUT2D eigenvalue weighted by Crippen LogP contribution is -2.53. The molecule has 3 aliphatic heterocycles. The maximum atomic E-state index is 13.9. The predicted molar refractivity (Wildman–Crippen MR) is 124 cm³/mol. The smallest absolute Gasteiger partial charge is 0.274 e. The molecule has 0 saturated carbocycles. The molecule has 3 aliphatic rings. The number of anilines is 2. The van der Waals surface area contributed by atoms with Crippen LogP contribution in [0.3, 0.4) is 0 Å². The number of para-hydroxylation sites is 1. The van der Waals surface area contributed by atoms with Crippen LogP contribution in [0.15, 0.2) is 42.5 Å². The maximum Gasteiger partial charge on any atom is 0.274 e. The van der Waals surface area contributed by atoms with Gasteiger partial charge >= 0.3 is 0 Å². The number of nitro groups is 1. The average Bonchev–Trinajstić information content (AvgIpc) is 3.37. The standard InChI is InChI=1S/C23H22N4O5S/c1-12-16(8-5-9-17(12)27(31)32)26-20(28)18-15(10-11-33-2)25-23(19(18)21(26)29)13-6-3-4-7-14(13)24-22(23)30/h3-9,15,18-19,25H,10-11H2,1-2H3,(H,24,30)/t15-,18+,19+,23-/m0/s1. The number of hydrogen-bond acceptors (Lipinski definition) is 7. The van der Waals surface area contributed by atoms with Crippen molar-refractivity contribution in [3.05, 3.63) is 63.7 Å². The second kappa shape index (κ2) is 7.67. The Morgan fingerprint density at radius 2 is 1.88 bits per heavy atom. The molecule has 0 unspecified atom stereocenters. The topological polar surface area (TPSA) is 122 Å². The average molecular weight is 467 g/mol. The zero-order valence-corrected chi connectivity index (χ0v) is 18.8. The number of nitro benzene ring substituents is 1. The van der Waals surface area contributed by atoms with E-state index in [-0.39, 0.29) is 28.9 Å². The van der Waals surface area contributed by atoms with Gasteiger partial charge in [0, 0.05) is 23.4 Å². The molecule has 0 aliphatic carbocycles. The molecule has 0 bridgehead atoms. The second-order valence-corrected chi connectivity index (χ2v) is 9.52.